The van der Waals surface area contributed by atoms with Crippen molar-refractivity contribution < 1.29 is 14.3 Å². The molecule has 0 saturated carbocycles. The van der Waals surface area contributed by atoms with Crippen molar-refractivity contribution in [3.63, 3.8) is 0 Å². The molecule has 0 spiro atoms. The second-order valence-corrected chi connectivity index (χ2v) is 5.69. The van der Waals surface area contributed by atoms with Gasteiger partial charge in [0.25, 0.3) is 5.91 Å². The third-order valence-corrected chi connectivity index (χ3v) is 4.09. The lowest BCUT2D eigenvalue weighted by atomic mass is 10.2. The molecule has 22 heavy (non-hydrogen) atoms. The van der Waals surface area contributed by atoms with Crippen LogP contribution in [0.5, 0.6) is 0 Å². The summed E-state index contributed by atoms with van der Waals surface area (Å²) < 4.78 is 14.4. The van der Waals surface area contributed by atoms with Gasteiger partial charge in [-0.1, -0.05) is 11.6 Å². The first-order valence-corrected chi connectivity index (χ1v) is 7.33. The zero-order valence-corrected chi connectivity index (χ0v) is 12.7. The second-order valence-electron chi connectivity index (χ2n) is 5.33. The molecule has 1 aliphatic rings. The van der Waals surface area contributed by atoms with Gasteiger partial charge >= 0.3 is 0 Å². The average molecular weight is 324 g/mol. The molecule has 1 N–H and O–H groups in total. The first-order valence-electron chi connectivity index (χ1n) is 6.96. The number of aryl methyl sites for hydroxylation is 1. The predicted octanol–water partition coefficient (Wildman–Crippen LogP) is 2.18. The van der Waals surface area contributed by atoms with Gasteiger partial charge in [0.05, 0.1) is 23.0 Å². The van der Waals surface area contributed by atoms with Crippen molar-refractivity contribution >= 4 is 17.5 Å². The van der Waals surface area contributed by atoms with E-state index in [1.165, 1.54) is 16.8 Å². The van der Waals surface area contributed by atoms with E-state index in [1.54, 1.807) is 24.0 Å². The third-order valence-electron chi connectivity index (χ3n) is 3.74. The Morgan fingerprint density at radius 3 is 2.68 bits per heavy atom. The van der Waals surface area contributed by atoms with E-state index in [0.717, 1.165) is 0 Å². The zero-order chi connectivity index (χ0) is 15.9. The number of β-amino-alcohol motifs (C(OH)–C–C–N with tert-alkyl or cyclic N) is 1. The number of rotatable bonds is 2. The van der Waals surface area contributed by atoms with Crippen LogP contribution in [0.1, 0.15) is 22.5 Å². The number of halogens is 2. The molecule has 1 aliphatic heterocycles. The molecule has 7 heteroatoms. The Balaban J connectivity index is 1.96. The molecule has 5 nitrogen and oxygen atoms in total. The van der Waals surface area contributed by atoms with Crippen molar-refractivity contribution in [2.75, 3.05) is 13.1 Å². The second kappa shape index (κ2) is 5.70. The number of carbonyl (C=O) groups is 1. The van der Waals surface area contributed by atoms with E-state index >= 15 is 0 Å². The van der Waals surface area contributed by atoms with Gasteiger partial charge in [0.1, 0.15) is 11.0 Å². The normalized spacial score (nSPS) is 18.0. The smallest absolute Gasteiger partial charge is 0.259 e. The monoisotopic (exact) mass is 323 g/mol. The molecular formula is C15H15ClFN3O2. The highest BCUT2D eigenvalue weighted by atomic mass is 35.5. The third kappa shape index (κ3) is 2.60. The predicted molar refractivity (Wildman–Crippen MR) is 79.8 cm³/mol. The molecule has 1 aromatic carbocycles. The Labute approximate surface area is 131 Å². The van der Waals surface area contributed by atoms with Crippen LogP contribution < -0.4 is 0 Å². The summed E-state index contributed by atoms with van der Waals surface area (Å²) in [5.74, 6) is -0.599. The standard InChI is InChI=1S/C15H15ClFN3O2/c1-9-13(15(22)19-7-6-12(21)8-19)14(16)20(18-9)11-4-2-10(17)3-5-11/h2-5,12,21H,6-8H2,1H3/t12-/m1/s1. The van der Waals surface area contributed by atoms with E-state index in [9.17, 15) is 14.3 Å². The fourth-order valence-electron chi connectivity index (χ4n) is 2.58. The van der Waals surface area contributed by atoms with Crippen molar-refractivity contribution in [1.29, 1.82) is 0 Å². The van der Waals surface area contributed by atoms with Crippen LogP contribution in [-0.2, 0) is 0 Å². The Bertz CT molecular complexity index is 714. The quantitative estimate of drug-likeness (QED) is 0.921. The highest BCUT2D eigenvalue weighted by molar-refractivity contribution is 6.33. The summed E-state index contributed by atoms with van der Waals surface area (Å²) >= 11 is 6.31. The summed E-state index contributed by atoms with van der Waals surface area (Å²) in [5, 5.41) is 14.0. The van der Waals surface area contributed by atoms with Crippen LogP contribution in [0.4, 0.5) is 4.39 Å². The van der Waals surface area contributed by atoms with Crippen molar-refractivity contribution in [2.45, 2.75) is 19.4 Å². The minimum Gasteiger partial charge on any atom is -0.391 e. The van der Waals surface area contributed by atoms with E-state index in [4.69, 9.17) is 11.6 Å². The fourth-order valence-corrected chi connectivity index (χ4v) is 2.93. The SMILES string of the molecule is Cc1nn(-c2ccc(F)cc2)c(Cl)c1C(=O)N1CC[C@@H](O)C1. The molecule has 1 fully saturated rings. The van der Waals surface area contributed by atoms with Gasteiger partial charge in [-0.25, -0.2) is 9.07 Å². The molecular weight excluding hydrogens is 309 g/mol. The van der Waals surface area contributed by atoms with Crippen molar-refractivity contribution in [3.05, 3.63) is 46.5 Å². The van der Waals surface area contributed by atoms with E-state index in [-0.39, 0.29) is 16.9 Å². The van der Waals surface area contributed by atoms with Crippen LogP contribution >= 0.6 is 11.6 Å². The van der Waals surface area contributed by atoms with Crippen LogP contribution in [-0.4, -0.2) is 44.9 Å². The number of aromatic nitrogens is 2. The molecule has 0 unspecified atom stereocenters. The maximum atomic E-state index is 13.0. The molecule has 0 radical (unpaired) electrons. The van der Waals surface area contributed by atoms with Crippen molar-refractivity contribution in [1.82, 2.24) is 14.7 Å². The number of aliphatic hydroxyl groups is 1. The van der Waals surface area contributed by atoms with Crippen molar-refractivity contribution in [2.24, 2.45) is 0 Å². The lowest BCUT2D eigenvalue weighted by Gasteiger charge is -2.15. The van der Waals surface area contributed by atoms with Crippen molar-refractivity contribution in [3.8, 4) is 5.69 Å². The number of likely N-dealkylation sites (tertiary alicyclic amines) is 1. The van der Waals surface area contributed by atoms with Crippen LogP contribution in [0.15, 0.2) is 24.3 Å². The molecule has 1 saturated heterocycles. The molecule has 2 aromatic rings. The number of aliphatic hydroxyl groups excluding tert-OH is 1. The molecule has 0 bridgehead atoms. The highest BCUT2D eigenvalue weighted by Gasteiger charge is 2.30. The lowest BCUT2D eigenvalue weighted by molar-refractivity contribution is 0.0764. The number of hydrogen-bond donors (Lipinski definition) is 1. The summed E-state index contributed by atoms with van der Waals surface area (Å²) in [7, 11) is 0. The van der Waals surface area contributed by atoms with Gasteiger partial charge < -0.3 is 10.0 Å². The Morgan fingerprint density at radius 1 is 1.41 bits per heavy atom. The lowest BCUT2D eigenvalue weighted by Crippen LogP contribution is -2.30. The van der Waals surface area contributed by atoms with Gasteiger partial charge in [-0.3, -0.25) is 4.79 Å². The molecule has 1 amide bonds. The van der Waals surface area contributed by atoms with Gasteiger partial charge in [0.2, 0.25) is 0 Å². The van der Waals surface area contributed by atoms with E-state index in [1.807, 2.05) is 0 Å². The molecule has 1 atom stereocenters. The minimum absolute atomic E-state index is 0.190. The number of carbonyl (C=O) groups excluding carboxylic acids is 1. The van der Waals surface area contributed by atoms with E-state index < -0.39 is 6.10 Å². The molecule has 3 rings (SSSR count). The molecule has 0 aliphatic carbocycles. The summed E-state index contributed by atoms with van der Waals surface area (Å²) in [4.78, 5) is 14.1. The summed E-state index contributed by atoms with van der Waals surface area (Å²) in [6.07, 6.45) is 0.0734. The topological polar surface area (TPSA) is 58.4 Å². The molecule has 1 aromatic heterocycles. The Hall–Kier alpha value is -1.92. The van der Waals surface area contributed by atoms with Gasteiger partial charge in [0, 0.05) is 13.1 Å². The van der Waals surface area contributed by atoms with Crippen LogP contribution in [0.3, 0.4) is 0 Å². The average Bonchev–Trinajstić information content (AvgIpc) is 3.03. The number of nitrogens with zero attached hydrogens (tertiary/aromatic N) is 3. The maximum Gasteiger partial charge on any atom is 0.259 e. The summed E-state index contributed by atoms with van der Waals surface area (Å²) in [5.41, 5.74) is 1.40. The summed E-state index contributed by atoms with van der Waals surface area (Å²) in [6.45, 7) is 2.50. The number of amides is 1. The summed E-state index contributed by atoms with van der Waals surface area (Å²) in [6, 6.07) is 5.70. The first kappa shape index (κ1) is 15.0. The Kier molecular flexibility index (Phi) is 3.88. The van der Waals surface area contributed by atoms with Crippen LogP contribution in [0.2, 0.25) is 5.15 Å². The molecule has 2 heterocycles. The number of hydrogen-bond acceptors (Lipinski definition) is 3. The van der Waals surface area contributed by atoms with Gasteiger partial charge in [-0.05, 0) is 37.6 Å². The largest absolute Gasteiger partial charge is 0.391 e. The van der Waals surface area contributed by atoms with Gasteiger partial charge in [-0.2, -0.15) is 5.10 Å². The van der Waals surface area contributed by atoms with Gasteiger partial charge in [-0.15, -0.1) is 0 Å². The molecule has 116 valence electrons. The van der Waals surface area contributed by atoms with E-state index in [0.29, 0.717) is 36.5 Å². The highest BCUT2D eigenvalue weighted by Crippen LogP contribution is 2.26. The van der Waals surface area contributed by atoms with Crippen LogP contribution in [0, 0.1) is 12.7 Å². The first-order chi connectivity index (χ1) is 10.5. The van der Waals surface area contributed by atoms with Crippen LogP contribution in [0.25, 0.3) is 5.69 Å². The fraction of sp³-hybridized carbons (Fsp3) is 0.333. The zero-order valence-electron chi connectivity index (χ0n) is 12.0. The number of benzene rings is 1. The Morgan fingerprint density at radius 2 is 2.09 bits per heavy atom. The minimum atomic E-state index is -0.491. The maximum absolute atomic E-state index is 13.0. The van der Waals surface area contributed by atoms with Gasteiger partial charge in [0.15, 0.2) is 0 Å². The van der Waals surface area contributed by atoms with E-state index in [2.05, 4.69) is 5.10 Å².